The van der Waals surface area contributed by atoms with Gasteiger partial charge < -0.3 is 20.9 Å². The smallest absolute Gasteiger partial charge is 0.173 e. The van der Waals surface area contributed by atoms with Gasteiger partial charge in [0, 0.05) is 19.2 Å². The molecular formula is C18H17N5O2. The highest BCUT2D eigenvalue weighted by Crippen LogP contribution is 2.39. The second-order valence-corrected chi connectivity index (χ2v) is 5.83. The number of benzene rings is 2. The molecule has 0 saturated heterocycles. The fourth-order valence-electron chi connectivity index (χ4n) is 2.93. The second kappa shape index (κ2) is 5.64. The zero-order valence-corrected chi connectivity index (χ0v) is 13.6. The molecule has 126 valence electrons. The van der Waals surface area contributed by atoms with Crippen molar-refractivity contribution < 1.29 is 10.2 Å². The van der Waals surface area contributed by atoms with E-state index < -0.39 is 0 Å². The summed E-state index contributed by atoms with van der Waals surface area (Å²) in [5, 5.41) is 25.1. The van der Waals surface area contributed by atoms with Crippen LogP contribution in [0.2, 0.25) is 0 Å². The molecule has 0 amide bonds. The molecular weight excluding hydrogens is 318 g/mol. The van der Waals surface area contributed by atoms with E-state index in [0.29, 0.717) is 29.3 Å². The van der Waals surface area contributed by atoms with Crippen LogP contribution in [0.1, 0.15) is 5.56 Å². The van der Waals surface area contributed by atoms with Crippen LogP contribution in [0.3, 0.4) is 0 Å². The number of nitrogens with zero attached hydrogens (tertiary/aromatic N) is 3. The van der Waals surface area contributed by atoms with Crippen molar-refractivity contribution in [1.82, 2.24) is 19.7 Å². The fraction of sp³-hybridized carbons (Fsp3) is 0.111. The maximum atomic E-state index is 10.7. The minimum absolute atomic E-state index is 0.0397. The predicted octanol–water partition coefficient (Wildman–Crippen LogP) is 2.50. The Morgan fingerprint density at radius 1 is 1.16 bits per heavy atom. The first-order valence-electron chi connectivity index (χ1n) is 7.82. The SMILES string of the molecule is Cn1nc(-c2ccccc2O)c(O)c1-c1nc2ccc(CN)cc2[nH]1. The fourth-order valence-corrected chi connectivity index (χ4v) is 2.93. The van der Waals surface area contributed by atoms with Crippen LogP contribution in [-0.4, -0.2) is 30.0 Å². The molecule has 25 heavy (non-hydrogen) atoms. The van der Waals surface area contributed by atoms with E-state index in [9.17, 15) is 10.2 Å². The first kappa shape index (κ1) is 15.2. The summed E-state index contributed by atoms with van der Waals surface area (Å²) in [5.41, 5.74) is 9.49. The van der Waals surface area contributed by atoms with Gasteiger partial charge in [0.15, 0.2) is 11.6 Å². The number of aryl methyl sites for hydroxylation is 1. The van der Waals surface area contributed by atoms with Gasteiger partial charge in [-0.1, -0.05) is 18.2 Å². The molecule has 2 aromatic carbocycles. The number of para-hydroxylation sites is 1. The van der Waals surface area contributed by atoms with E-state index in [1.807, 2.05) is 18.2 Å². The minimum atomic E-state index is -0.0397. The summed E-state index contributed by atoms with van der Waals surface area (Å²) in [6, 6.07) is 12.5. The first-order valence-corrected chi connectivity index (χ1v) is 7.82. The monoisotopic (exact) mass is 335 g/mol. The highest BCUT2D eigenvalue weighted by molar-refractivity contribution is 5.83. The van der Waals surface area contributed by atoms with Crippen LogP contribution in [0, 0.1) is 0 Å². The Hall–Kier alpha value is -3.32. The van der Waals surface area contributed by atoms with Crippen molar-refractivity contribution in [3.8, 4) is 34.3 Å². The van der Waals surface area contributed by atoms with Crippen LogP contribution < -0.4 is 5.73 Å². The van der Waals surface area contributed by atoms with Gasteiger partial charge in [-0.2, -0.15) is 5.10 Å². The lowest BCUT2D eigenvalue weighted by Crippen LogP contribution is -1.95. The Morgan fingerprint density at radius 3 is 2.72 bits per heavy atom. The number of imidazole rings is 1. The Balaban J connectivity index is 1.88. The van der Waals surface area contributed by atoms with Crippen molar-refractivity contribution in [1.29, 1.82) is 0 Å². The van der Waals surface area contributed by atoms with Gasteiger partial charge in [-0.25, -0.2) is 4.98 Å². The van der Waals surface area contributed by atoms with Gasteiger partial charge in [0.1, 0.15) is 17.1 Å². The summed E-state index contributed by atoms with van der Waals surface area (Å²) in [6.45, 7) is 0.443. The number of rotatable bonds is 3. The summed E-state index contributed by atoms with van der Waals surface area (Å²) in [7, 11) is 1.72. The zero-order chi connectivity index (χ0) is 17.6. The van der Waals surface area contributed by atoms with E-state index in [-0.39, 0.29) is 11.5 Å². The number of hydrogen-bond acceptors (Lipinski definition) is 5. The van der Waals surface area contributed by atoms with Gasteiger partial charge in [0.2, 0.25) is 0 Å². The van der Waals surface area contributed by atoms with Crippen LogP contribution >= 0.6 is 0 Å². The molecule has 0 unspecified atom stereocenters. The number of aromatic amines is 1. The number of nitrogens with one attached hydrogen (secondary N) is 1. The Kier molecular flexibility index (Phi) is 3.43. The average molecular weight is 335 g/mol. The summed E-state index contributed by atoms with van der Waals surface area (Å²) in [4.78, 5) is 7.73. The lowest BCUT2D eigenvalue weighted by atomic mass is 10.1. The predicted molar refractivity (Wildman–Crippen MR) is 95.0 cm³/mol. The lowest BCUT2D eigenvalue weighted by molar-refractivity contribution is 0.470. The zero-order valence-electron chi connectivity index (χ0n) is 13.6. The second-order valence-electron chi connectivity index (χ2n) is 5.83. The van der Waals surface area contributed by atoms with Crippen LogP contribution in [0.15, 0.2) is 42.5 Å². The summed E-state index contributed by atoms with van der Waals surface area (Å²) in [6.07, 6.45) is 0. The molecule has 7 heteroatoms. The number of nitrogens with two attached hydrogens (primary N) is 1. The Morgan fingerprint density at radius 2 is 1.96 bits per heavy atom. The summed E-state index contributed by atoms with van der Waals surface area (Å²) < 4.78 is 1.54. The van der Waals surface area contributed by atoms with Crippen LogP contribution in [0.5, 0.6) is 11.5 Å². The first-order chi connectivity index (χ1) is 12.1. The molecule has 7 nitrogen and oxygen atoms in total. The van der Waals surface area contributed by atoms with E-state index >= 15 is 0 Å². The number of hydrogen-bond donors (Lipinski definition) is 4. The summed E-state index contributed by atoms with van der Waals surface area (Å²) in [5.74, 6) is 0.514. The largest absolute Gasteiger partial charge is 0.507 e. The number of aromatic hydroxyl groups is 2. The third kappa shape index (κ3) is 2.41. The van der Waals surface area contributed by atoms with E-state index in [1.54, 1.807) is 36.0 Å². The highest BCUT2D eigenvalue weighted by Gasteiger charge is 2.22. The lowest BCUT2D eigenvalue weighted by Gasteiger charge is -2.00. The molecule has 2 heterocycles. The minimum Gasteiger partial charge on any atom is -0.507 e. The van der Waals surface area contributed by atoms with Crippen LogP contribution in [0.4, 0.5) is 0 Å². The third-order valence-corrected chi connectivity index (χ3v) is 4.19. The van der Waals surface area contributed by atoms with Gasteiger partial charge in [-0.05, 0) is 29.8 Å². The van der Waals surface area contributed by atoms with E-state index in [0.717, 1.165) is 16.6 Å². The molecule has 4 rings (SSSR count). The molecule has 0 saturated carbocycles. The van der Waals surface area contributed by atoms with Crippen molar-refractivity contribution in [3.05, 3.63) is 48.0 Å². The van der Waals surface area contributed by atoms with E-state index in [4.69, 9.17) is 5.73 Å². The summed E-state index contributed by atoms with van der Waals surface area (Å²) >= 11 is 0. The van der Waals surface area contributed by atoms with Crippen molar-refractivity contribution in [2.75, 3.05) is 0 Å². The van der Waals surface area contributed by atoms with Gasteiger partial charge >= 0.3 is 0 Å². The van der Waals surface area contributed by atoms with Crippen molar-refractivity contribution in [3.63, 3.8) is 0 Å². The average Bonchev–Trinajstić information content (AvgIpc) is 3.14. The standard InChI is InChI=1S/C18H17N5O2/c1-23-16(17(25)15(22-23)11-4-2-3-5-14(11)24)18-20-12-7-6-10(9-19)8-13(12)21-18/h2-8,24-25H,9,19H2,1H3,(H,20,21). The number of phenols is 1. The number of aromatic nitrogens is 4. The molecule has 0 aliphatic heterocycles. The highest BCUT2D eigenvalue weighted by atomic mass is 16.3. The maximum absolute atomic E-state index is 10.7. The molecule has 5 N–H and O–H groups in total. The van der Waals surface area contributed by atoms with Gasteiger partial charge in [-0.15, -0.1) is 0 Å². The van der Waals surface area contributed by atoms with E-state index in [1.165, 1.54) is 0 Å². The molecule has 0 atom stereocenters. The number of fused-ring (bicyclic) bond motifs is 1. The van der Waals surface area contributed by atoms with Crippen molar-refractivity contribution in [2.24, 2.45) is 12.8 Å². The van der Waals surface area contributed by atoms with Crippen LogP contribution in [-0.2, 0) is 13.6 Å². The molecule has 0 aliphatic rings. The molecule has 0 radical (unpaired) electrons. The van der Waals surface area contributed by atoms with Gasteiger partial charge in [0.25, 0.3) is 0 Å². The van der Waals surface area contributed by atoms with Gasteiger partial charge in [0.05, 0.1) is 11.0 Å². The molecule has 2 aromatic heterocycles. The quantitative estimate of drug-likeness (QED) is 0.459. The molecule has 0 aliphatic carbocycles. The molecule has 0 fully saturated rings. The van der Waals surface area contributed by atoms with Crippen molar-refractivity contribution in [2.45, 2.75) is 6.54 Å². The van der Waals surface area contributed by atoms with E-state index in [2.05, 4.69) is 15.1 Å². The number of phenolic OH excluding ortho intramolecular Hbond substituents is 1. The topological polar surface area (TPSA) is 113 Å². The van der Waals surface area contributed by atoms with Crippen LogP contribution in [0.25, 0.3) is 33.8 Å². The molecule has 0 spiro atoms. The Labute approximate surface area is 143 Å². The molecule has 0 bridgehead atoms. The third-order valence-electron chi connectivity index (χ3n) is 4.19. The Bertz CT molecular complexity index is 1080. The molecule has 4 aromatic rings. The number of H-pyrrole nitrogens is 1. The van der Waals surface area contributed by atoms with Crippen molar-refractivity contribution >= 4 is 11.0 Å². The maximum Gasteiger partial charge on any atom is 0.173 e. The normalized spacial score (nSPS) is 11.3. The van der Waals surface area contributed by atoms with Gasteiger partial charge in [-0.3, -0.25) is 4.68 Å².